The smallest absolute Gasteiger partial charge is 0.329 e. The number of ether oxygens (including phenoxy) is 1. The molecule has 0 spiro atoms. The third kappa shape index (κ3) is 3.59. The fraction of sp³-hybridized carbons (Fsp3) is 0.571. The Morgan fingerprint density at radius 1 is 1.47 bits per heavy atom. The molecule has 5 heteroatoms. The van der Waals surface area contributed by atoms with Crippen molar-refractivity contribution in [1.29, 1.82) is 0 Å². The lowest BCUT2D eigenvalue weighted by Crippen LogP contribution is -2.44. The number of esters is 1. The normalized spacial score (nSPS) is 20.6. The van der Waals surface area contributed by atoms with E-state index in [1.54, 1.807) is 27.7 Å². The van der Waals surface area contributed by atoms with Gasteiger partial charge in [0, 0.05) is 5.70 Å². The number of amides is 1. The summed E-state index contributed by atoms with van der Waals surface area (Å²) in [6.45, 7) is 10.9. The standard InChI is InChI=1S/C14H22N2O3/c1-6-10(15)12(17)16-9(2)7-8-11(16)13(18)19-14(3,4)5/h6,11H,2,7-8,15H2,1,3-5H3/b10-6+. The number of carbonyl (C=O) groups excluding carboxylic acids is 2. The first-order valence-corrected chi connectivity index (χ1v) is 6.33. The molecule has 0 aliphatic carbocycles. The molecule has 2 N–H and O–H groups in total. The van der Waals surface area contributed by atoms with E-state index in [-0.39, 0.29) is 11.6 Å². The Morgan fingerprint density at radius 3 is 2.53 bits per heavy atom. The average molecular weight is 266 g/mol. The highest BCUT2D eigenvalue weighted by Gasteiger charge is 2.39. The van der Waals surface area contributed by atoms with Crippen LogP contribution in [0.4, 0.5) is 0 Å². The number of hydrogen-bond donors (Lipinski definition) is 1. The van der Waals surface area contributed by atoms with E-state index in [9.17, 15) is 9.59 Å². The van der Waals surface area contributed by atoms with Crippen molar-refractivity contribution in [2.24, 2.45) is 5.73 Å². The van der Waals surface area contributed by atoms with Crippen LogP contribution >= 0.6 is 0 Å². The van der Waals surface area contributed by atoms with Crippen molar-refractivity contribution in [3.63, 3.8) is 0 Å². The topological polar surface area (TPSA) is 72.6 Å². The number of nitrogens with two attached hydrogens (primary N) is 1. The molecular formula is C14H22N2O3. The van der Waals surface area contributed by atoms with Crippen LogP contribution in [0, 0.1) is 0 Å². The van der Waals surface area contributed by atoms with E-state index in [1.807, 2.05) is 0 Å². The first-order valence-electron chi connectivity index (χ1n) is 6.33. The van der Waals surface area contributed by atoms with Gasteiger partial charge in [0.15, 0.2) is 0 Å². The maximum absolute atomic E-state index is 12.1. The van der Waals surface area contributed by atoms with Gasteiger partial charge in [-0.05, 0) is 40.5 Å². The van der Waals surface area contributed by atoms with Gasteiger partial charge in [-0.25, -0.2) is 4.79 Å². The Balaban J connectivity index is 2.92. The van der Waals surface area contributed by atoms with E-state index in [1.165, 1.54) is 11.0 Å². The summed E-state index contributed by atoms with van der Waals surface area (Å²) in [7, 11) is 0. The van der Waals surface area contributed by atoms with Gasteiger partial charge in [0.05, 0.1) is 5.70 Å². The predicted octanol–water partition coefficient (Wildman–Crippen LogP) is 1.70. The van der Waals surface area contributed by atoms with Crippen molar-refractivity contribution >= 4 is 11.9 Å². The third-order valence-electron chi connectivity index (χ3n) is 2.81. The molecule has 0 aromatic heterocycles. The van der Waals surface area contributed by atoms with Crippen molar-refractivity contribution < 1.29 is 14.3 Å². The van der Waals surface area contributed by atoms with Crippen LogP contribution in [0.5, 0.6) is 0 Å². The van der Waals surface area contributed by atoms with E-state index in [4.69, 9.17) is 10.5 Å². The SMILES string of the molecule is C=C1CCC(C(=O)OC(C)(C)C)N1C(=O)/C(N)=C\C. The van der Waals surface area contributed by atoms with Crippen LogP contribution in [-0.2, 0) is 14.3 Å². The van der Waals surface area contributed by atoms with Crippen LogP contribution in [0.15, 0.2) is 24.0 Å². The van der Waals surface area contributed by atoms with Gasteiger partial charge in [-0.3, -0.25) is 9.69 Å². The second kappa shape index (κ2) is 5.47. The zero-order valence-electron chi connectivity index (χ0n) is 12.0. The minimum absolute atomic E-state index is 0.108. The Labute approximate surface area is 114 Å². The zero-order chi connectivity index (χ0) is 14.8. The highest BCUT2D eigenvalue weighted by Crippen LogP contribution is 2.29. The molecule has 1 fully saturated rings. The molecule has 106 valence electrons. The monoisotopic (exact) mass is 266 g/mol. The fourth-order valence-electron chi connectivity index (χ4n) is 1.91. The summed E-state index contributed by atoms with van der Waals surface area (Å²) < 4.78 is 5.33. The van der Waals surface area contributed by atoms with Crippen LogP contribution in [0.2, 0.25) is 0 Å². The van der Waals surface area contributed by atoms with Gasteiger partial charge in [-0.15, -0.1) is 0 Å². The molecule has 1 amide bonds. The molecule has 1 rings (SSSR count). The molecule has 1 saturated heterocycles. The summed E-state index contributed by atoms with van der Waals surface area (Å²) in [4.78, 5) is 25.6. The van der Waals surface area contributed by atoms with E-state index < -0.39 is 17.6 Å². The number of hydrogen-bond acceptors (Lipinski definition) is 4. The maximum atomic E-state index is 12.1. The summed E-state index contributed by atoms with van der Waals surface area (Å²) in [5.74, 6) is -0.802. The molecule has 19 heavy (non-hydrogen) atoms. The lowest BCUT2D eigenvalue weighted by atomic mass is 10.1. The zero-order valence-corrected chi connectivity index (χ0v) is 12.0. The summed E-state index contributed by atoms with van der Waals surface area (Å²) in [5, 5.41) is 0. The second-order valence-electron chi connectivity index (χ2n) is 5.57. The van der Waals surface area contributed by atoms with Gasteiger partial charge in [0.25, 0.3) is 5.91 Å². The van der Waals surface area contributed by atoms with Crippen molar-refractivity contribution in [3.05, 3.63) is 24.0 Å². The fourth-order valence-corrected chi connectivity index (χ4v) is 1.91. The van der Waals surface area contributed by atoms with Gasteiger partial charge in [-0.1, -0.05) is 12.7 Å². The molecule has 1 aliphatic rings. The minimum atomic E-state index is -0.627. The molecule has 5 nitrogen and oxygen atoms in total. The third-order valence-corrected chi connectivity index (χ3v) is 2.81. The maximum Gasteiger partial charge on any atom is 0.329 e. The van der Waals surface area contributed by atoms with Crippen LogP contribution in [0.25, 0.3) is 0 Å². The largest absolute Gasteiger partial charge is 0.458 e. The first kappa shape index (κ1) is 15.3. The van der Waals surface area contributed by atoms with Gasteiger partial charge < -0.3 is 10.5 Å². The quantitative estimate of drug-likeness (QED) is 0.610. The molecule has 1 aliphatic heterocycles. The number of allylic oxidation sites excluding steroid dienone is 2. The summed E-state index contributed by atoms with van der Waals surface area (Å²) in [6.07, 6.45) is 2.63. The molecule has 0 bridgehead atoms. The molecule has 0 aromatic rings. The van der Waals surface area contributed by atoms with Gasteiger partial charge >= 0.3 is 5.97 Å². The Bertz CT molecular complexity index is 432. The van der Waals surface area contributed by atoms with E-state index >= 15 is 0 Å². The highest BCUT2D eigenvalue weighted by molar-refractivity contribution is 5.97. The van der Waals surface area contributed by atoms with Crippen molar-refractivity contribution in [3.8, 4) is 0 Å². The molecule has 1 unspecified atom stereocenters. The Morgan fingerprint density at radius 2 is 2.05 bits per heavy atom. The number of carbonyl (C=O) groups is 2. The molecule has 0 radical (unpaired) electrons. The van der Waals surface area contributed by atoms with Crippen LogP contribution in [0.3, 0.4) is 0 Å². The van der Waals surface area contributed by atoms with Gasteiger partial charge in [0.2, 0.25) is 0 Å². The molecule has 1 atom stereocenters. The molecule has 0 aromatic carbocycles. The highest BCUT2D eigenvalue weighted by atomic mass is 16.6. The lowest BCUT2D eigenvalue weighted by Gasteiger charge is -2.27. The first-order chi connectivity index (χ1) is 8.67. The number of nitrogens with zero attached hydrogens (tertiary/aromatic N) is 1. The minimum Gasteiger partial charge on any atom is -0.458 e. The predicted molar refractivity (Wildman–Crippen MR) is 72.8 cm³/mol. The average Bonchev–Trinajstić information content (AvgIpc) is 2.67. The second-order valence-corrected chi connectivity index (χ2v) is 5.57. The van der Waals surface area contributed by atoms with Crippen LogP contribution in [0.1, 0.15) is 40.5 Å². The Hall–Kier alpha value is -1.78. The van der Waals surface area contributed by atoms with E-state index in [0.717, 1.165) is 0 Å². The van der Waals surface area contributed by atoms with Crippen LogP contribution < -0.4 is 5.73 Å². The summed E-state index contributed by atoms with van der Waals surface area (Å²) in [6, 6.07) is -0.627. The van der Waals surface area contributed by atoms with E-state index in [0.29, 0.717) is 18.5 Å². The van der Waals surface area contributed by atoms with Gasteiger partial charge in [0.1, 0.15) is 11.6 Å². The number of rotatable bonds is 2. The summed E-state index contributed by atoms with van der Waals surface area (Å²) in [5.41, 5.74) is 5.75. The number of likely N-dealkylation sites (tertiary alicyclic amines) is 1. The van der Waals surface area contributed by atoms with E-state index in [2.05, 4.69) is 6.58 Å². The van der Waals surface area contributed by atoms with Crippen molar-refractivity contribution in [1.82, 2.24) is 4.90 Å². The van der Waals surface area contributed by atoms with Crippen molar-refractivity contribution in [2.45, 2.75) is 52.2 Å². The summed E-state index contributed by atoms with van der Waals surface area (Å²) >= 11 is 0. The van der Waals surface area contributed by atoms with Crippen molar-refractivity contribution in [2.75, 3.05) is 0 Å². The molecule has 1 heterocycles. The lowest BCUT2D eigenvalue weighted by molar-refractivity contribution is -0.162. The van der Waals surface area contributed by atoms with Crippen LogP contribution in [-0.4, -0.2) is 28.4 Å². The van der Waals surface area contributed by atoms with Gasteiger partial charge in [-0.2, -0.15) is 0 Å². The Kier molecular flexibility index (Phi) is 4.39. The molecular weight excluding hydrogens is 244 g/mol. The molecule has 0 saturated carbocycles.